The Balaban J connectivity index is 1.47. The van der Waals surface area contributed by atoms with Crippen LogP contribution in [0, 0.1) is 6.92 Å². The highest BCUT2D eigenvalue weighted by Gasteiger charge is 2.13. The molecule has 1 amide bonds. The van der Waals surface area contributed by atoms with Gasteiger partial charge in [-0.3, -0.25) is 4.79 Å². The highest BCUT2D eigenvalue weighted by molar-refractivity contribution is 5.96. The van der Waals surface area contributed by atoms with Crippen molar-refractivity contribution >= 4 is 5.91 Å². The lowest BCUT2D eigenvalue weighted by molar-refractivity contribution is 0.0950. The van der Waals surface area contributed by atoms with Gasteiger partial charge in [0.15, 0.2) is 5.82 Å². The molecular weight excluding hydrogens is 396 g/mol. The summed E-state index contributed by atoms with van der Waals surface area (Å²) in [5.41, 5.74) is 2.13. The summed E-state index contributed by atoms with van der Waals surface area (Å²) in [5.74, 6) is 1.99. The van der Waals surface area contributed by atoms with E-state index in [0.717, 1.165) is 11.1 Å². The van der Waals surface area contributed by atoms with E-state index in [1.165, 1.54) is 4.80 Å². The summed E-state index contributed by atoms with van der Waals surface area (Å²) in [7, 11) is 1.56. The predicted molar refractivity (Wildman–Crippen MR) is 112 cm³/mol. The number of rotatable bonds is 7. The molecule has 1 N–H and O–H groups in total. The molecule has 9 heteroatoms. The Morgan fingerprint density at radius 3 is 2.65 bits per heavy atom. The molecule has 4 aromatic rings. The molecule has 1 aromatic carbocycles. The van der Waals surface area contributed by atoms with Gasteiger partial charge in [-0.15, -0.1) is 4.80 Å². The van der Waals surface area contributed by atoms with Crippen LogP contribution in [0.15, 0.2) is 67.3 Å². The Kier molecular flexibility index (Phi) is 5.84. The summed E-state index contributed by atoms with van der Waals surface area (Å²) in [6, 6.07) is 12.4. The van der Waals surface area contributed by atoms with Gasteiger partial charge in [0.05, 0.1) is 19.5 Å². The van der Waals surface area contributed by atoms with Crippen LogP contribution in [0.4, 0.5) is 0 Å². The van der Waals surface area contributed by atoms with Gasteiger partial charge < -0.3 is 14.8 Å². The number of aromatic nitrogens is 5. The lowest BCUT2D eigenvalue weighted by Crippen LogP contribution is -2.23. The number of amides is 1. The fourth-order valence-electron chi connectivity index (χ4n) is 2.92. The number of pyridine rings is 2. The molecule has 0 unspecified atom stereocenters. The number of methoxy groups -OCH3 is 1. The van der Waals surface area contributed by atoms with Crippen LogP contribution < -0.4 is 14.8 Å². The highest BCUT2D eigenvalue weighted by Crippen LogP contribution is 2.27. The summed E-state index contributed by atoms with van der Waals surface area (Å²) >= 11 is 0. The molecular formula is C22H20N6O3. The minimum Gasteiger partial charge on any atom is -0.481 e. The minimum atomic E-state index is -0.199. The van der Waals surface area contributed by atoms with Crippen molar-refractivity contribution in [3.8, 4) is 23.2 Å². The zero-order valence-corrected chi connectivity index (χ0v) is 17.0. The Labute approximate surface area is 178 Å². The Hall–Kier alpha value is -4.27. The summed E-state index contributed by atoms with van der Waals surface area (Å²) in [6.45, 7) is 2.20. The molecule has 0 saturated heterocycles. The highest BCUT2D eigenvalue weighted by atomic mass is 16.5. The molecule has 3 heterocycles. The van der Waals surface area contributed by atoms with Gasteiger partial charge in [-0.25, -0.2) is 9.97 Å². The monoisotopic (exact) mass is 416 g/mol. The maximum atomic E-state index is 12.7. The van der Waals surface area contributed by atoms with E-state index in [-0.39, 0.29) is 5.91 Å². The van der Waals surface area contributed by atoms with Gasteiger partial charge in [-0.05, 0) is 30.7 Å². The second-order valence-electron chi connectivity index (χ2n) is 6.59. The molecule has 0 aliphatic rings. The smallest absolute Gasteiger partial charge is 0.251 e. The first kappa shape index (κ1) is 20.0. The predicted octanol–water partition coefficient (Wildman–Crippen LogP) is 3.10. The van der Waals surface area contributed by atoms with Crippen molar-refractivity contribution in [3.63, 3.8) is 0 Å². The van der Waals surface area contributed by atoms with E-state index in [1.807, 2.05) is 19.1 Å². The van der Waals surface area contributed by atoms with Gasteiger partial charge in [0.2, 0.25) is 5.88 Å². The van der Waals surface area contributed by atoms with Crippen LogP contribution >= 0.6 is 0 Å². The molecule has 0 bridgehead atoms. The molecule has 0 spiro atoms. The van der Waals surface area contributed by atoms with Gasteiger partial charge in [0.1, 0.15) is 11.5 Å². The number of carbonyl (C=O) groups excluding carboxylic acids is 1. The van der Waals surface area contributed by atoms with Gasteiger partial charge >= 0.3 is 0 Å². The topological polar surface area (TPSA) is 104 Å². The molecule has 0 fully saturated rings. The second-order valence-corrected chi connectivity index (χ2v) is 6.59. The number of carbonyl (C=O) groups is 1. The van der Waals surface area contributed by atoms with Gasteiger partial charge in [0, 0.05) is 42.2 Å². The van der Waals surface area contributed by atoms with Crippen LogP contribution in [-0.2, 0) is 6.54 Å². The summed E-state index contributed by atoms with van der Waals surface area (Å²) in [6.07, 6.45) is 6.43. The molecule has 31 heavy (non-hydrogen) atoms. The van der Waals surface area contributed by atoms with Crippen molar-refractivity contribution in [2.45, 2.75) is 13.5 Å². The number of nitrogens with one attached hydrogen (secondary N) is 1. The van der Waals surface area contributed by atoms with Crippen molar-refractivity contribution in [2.75, 3.05) is 7.11 Å². The molecule has 0 aliphatic carbocycles. The van der Waals surface area contributed by atoms with E-state index in [2.05, 4.69) is 25.5 Å². The molecule has 3 aromatic heterocycles. The third kappa shape index (κ3) is 4.67. The van der Waals surface area contributed by atoms with E-state index in [1.54, 1.807) is 62.2 Å². The summed E-state index contributed by atoms with van der Waals surface area (Å²) in [5, 5.41) is 11.0. The fourth-order valence-corrected chi connectivity index (χ4v) is 2.92. The van der Waals surface area contributed by atoms with E-state index in [9.17, 15) is 4.79 Å². The Morgan fingerprint density at radius 2 is 1.90 bits per heavy atom. The number of hydrogen-bond donors (Lipinski definition) is 1. The van der Waals surface area contributed by atoms with Crippen LogP contribution in [0.5, 0.6) is 17.4 Å². The van der Waals surface area contributed by atoms with Crippen molar-refractivity contribution < 1.29 is 14.3 Å². The minimum absolute atomic E-state index is 0.199. The van der Waals surface area contributed by atoms with Crippen LogP contribution in [0.3, 0.4) is 0 Å². The normalized spacial score (nSPS) is 10.5. The van der Waals surface area contributed by atoms with Crippen LogP contribution in [0.2, 0.25) is 0 Å². The summed E-state index contributed by atoms with van der Waals surface area (Å²) < 4.78 is 11.1. The van der Waals surface area contributed by atoms with Crippen LogP contribution in [0.1, 0.15) is 21.5 Å². The largest absolute Gasteiger partial charge is 0.481 e. The molecule has 0 atom stereocenters. The second kappa shape index (κ2) is 9.04. The van der Waals surface area contributed by atoms with E-state index in [4.69, 9.17) is 9.47 Å². The van der Waals surface area contributed by atoms with E-state index < -0.39 is 0 Å². The standard InChI is InChI=1S/C22H20N6O3/c1-15-18(22(29)25-14-16-6-7-21(30-2)24-13-16)4-3-5-19(15)31-17-8-9-23-20(12-17)28-26-10-11-27-28/h3-13H,14H2,1-2H3,(H,25,29). The molecule has 4 rings (SSSR count). The van der Waals surface area contributed by atoms with Crippen LogP contribution in [-0.4, -0.2) is 38.0 Å². The maximum absolute atomic E-state index is 12.7. The average Bonchev–Trinajstić information content (AvgIpc) is 3.34. The molecule has 9 nitrogen and oxygen atoms in total. The first-order valence-electron chi connectivity index (χ1n) is 9.51. The quantitative estimate of drug-likeness (QED) is 0.494. The molecule has 0 radical (unpaired) electrons. The zero-order chi connectivity index (χ0) is 21.6. The maximum Gasteiger partial charge on any atom is 0.251 e. The Bertz CT molecular complexity index is 1180. The first-order valence-corrected chi connectivity index (χ1v) is 9.51. The number of hydrogen-bond acceptors (Lipinski definition) is 7. The molecule has 0 aliphatic heterocycles. The number of ether oxygens (including phenoxy) is 2. The fraction of sp³-hybridized carbons (Fsp3) is 0.136. The zero-order valence-electron chi connectivity index (χ0n) is 17.0. The van der Waals surface area contributed by atoms with Gasteiger partial charge in [-0.1, -0.05) is 12.1 Å². The van der Waals surface area contributed by atoms with Gasteiger partial charge in [-0.2, -0.15) is 10.2 Å². The lowest BCUT2D eigenvalue weighted by Gasteiger charge is -2.13. The SMILES string of the molecule is COc1ccc(CNC(=O)c2cccc(Oc3ccnc(-n4nccn4)c3)c2C)cn1. The van der Waals surface area contributed by atoms with Crippen LogP contribution in [0.25, 0.3) is 5.82 Å². The third-order valence-electron chi connectivity index (χ3n) is 4.56. The molecule has 156 valence electrons. The summed E-state index contributed by atoms with van der Waals surface area (Å²) in [4.78, 5) is 22.5. The van der Waals surface area contributed by atoms with Crippen molar-refractivity contribution in [1.82, 2.24) is 30.3 Å². The number of nitrogens with zero attached hydrogens (tertiary/aromatic N) is 5. The van der Waals surface area contributed by atoms with Crippen molar-refractivity contribution in [1.29, 1.82) is 0 Å². The van der Waals surface area contributed by atoms with Crippen molar-refractivity contribution in [3.05, 3.63) is 83.9 Å². The van der Waals surface area contributed by atoms with E-state index >= 15 is 0 Å². The third-order valence-corrected chi connectivity index (χ3v) is 4.56. The average molecular weight is 416 g/mol. The Morgan fingerprint density at radius 1 is 1.06 bits per heavy atom. The lowest BCUT2D eigenvalue weighted by atomic mass is 10.1. The van der Waals surface area contributed by atoms with Crippen molar-refractivity contribution in [2.24, 2.45) is 0 Å². The van der Waals surface area contributed by atoms with E-state index in [0.29, 0.717) is 35.3 Å². The first-order chi connectivity index (χ1) is 15.1. The number of benzene rings is 1. The van der Waals surface area contributed by atoms with Gasteiger partial charge in [0.25, 0.3) is 5.91 Å². The molecule has 0 saturated carbocycles.